The molecule has 7 heteroatoms. The van der Waals surface area contributed by atoms with Crippen molar-refractivity contribution in [3.05, 3.63) is 35.6 Å². The van der Waals surface area contributed by atoms with E-state index in [0.717, 1.165) is 31.2 Å². The number of hydrogen-bond acceptors (Lipinski definition) is 3. The summed E-state index contributed by atoms with van der Waals surface area (Å²) in [6.45, 7) is 0.332. The minimum Gasteiger partial charge on any atom is -0.350 e. The number of rotatable bonds is 4. The van der Waals surface area contributed by atoms with Crippen LogP contribution in [0.3, 0.4) is 0 Å². The third-order valence-corrected chi connectivity index (χ3v) is 5.77. The highest BCUT2D eigenvalue weighted by molar-refractivity contribution is 7.99. The minimum atomic E-state index is -0.450. The number of hydrogen-bond donors (Lipinski definition) is 2. The van der Waals surface area contributed by atoms with E-state index in [9.17, 15) is 14.0 Å². The normalized spacial score (nSPS) is 21.2. The smallest absolute Gasteiger partial charge is 0.319 e. The first-order valence-corrected chi connectivity index (χ1v) is 9.96. The average Bonchev–Trinajstić information content (AvgIpc) is 3.12. The summed E-state index contributed by atoms with van der Waals surface area (Å²) in [4.78, 5) is 26.6. The van der Waals surface area contributed by atoms with Gasteiger partial charge in [-0.2, -0.15) is 0 Å². The van der Waals surface area contributed by atoms with Crippen LogP contribution in [0.15, 0.2) is 24.3 Å². The van der Waals surface area contributed by atoms with E-state index in [2.05, 4.69) is 10.6 Å². The van der Waals surface area contributed by atoms with Crippen molar-refractivity contribution in [3.8, 4) is 0 Å². The van der Waals surface area contributed by atoms with Gasteiger partial charge in [0.1, 0.15) is 11.9 Å². The molecule has 1 heterocycles. The van der Waals surface area contributed by atoms with E-state index in [1.54, 1.807) is 28.8 Å². The topological polar surface area (TPSA) is 61.4 Å². The predicted molar refractivity (Wildman–Crippen MR) is 96.6 cm³/mol. The van der Waals surface area contributed by atoms with Gasteiger partial charge in [-0.3, -0.25) is 4.79 Å². The van der Waals surface area contributed by atoms with Crippen molar-refractivity contribution in [1.82, 2.24) is 15.5 Å². The van der Waals surface area contributed by atoms with E-state index in [1.165, 1.54) is 18.6 Å². The van der Waals surface area contributed by atoms with Crippen LogP contribution in [-0.4, -0.2) is 40.6 Å². The molecule has 2 fully saturated rings. The van der Waals surface area contributed by atoms with Gasteiger partial charge in [-0.15, -0.1) is 11.8 Å². The molecule has 3 amide bonds. The number of benzene rings is 1. The van der Waals surface area contributed by atoms with Gasteiger partial charge >= 0.3 is 6.03 Å². The molecule has 2 N–H and O–H groups in total. The number of carbonyl (C=O) groups excluding carboxylic acids is 2. The first-order chi connectivity index (χ1) is 12.1. The van der Waals surface area contributed by atoms with E-state index >= 15 is 0 Å². The fourth-order valence-corrected chi connectivity index (χ4v) is 4.43. The minimum absolute atomic E-state index is 0.140. The van der Waals surface area contributed by atoms with Crippen molar-refractivity contribution in [3.63, 3.8) is 0 Å². The molecule has 1 aromatic carbocycles. The number of nitrogens with one attached hydrogen (secondary N) is 2. The molecular formula is C18H24FN3O2S. The maximum Gasteiger partial charge on any atom is 0.319 e. The van der Waals surface area contributed by atoms with Crippen molar-refractivity contribution in [2.24, 2.45) is 0 Å². The Kier molecular flexibility index (Phi) is 6.18. The van der Waals surface area contributed by atoms with Crippen LogP contribution in [0.4, 0.5) is 9.18 Å². The Bertz CT molecular complexity index is 605. The van der Waals surface area contributed by atoms with Gasteiger partial charge in [0.2, 0.25) is 5.91 Å². The molecule has 0 radical (unpaired) electrons. The molecule has 1 aliphatic heterocycles. The highest BCUT2D eigenvalue weighted by Gasteiger charge is 2.35. The van der Waals surface area contributed by atoms with Crippen molar-refractivity contribution in [2.75, 3.05) is 11.6 Å². The zero-order valence-electron chi connectivity index (χ0n) is 14.2. The molecule has 2 aliphatic rings. The quantitative estimate of drug-likeness (QED) is 0.862. The lowest BCUT2D eigenvalue weighted by molar-refractivity contribution is -0.124. The standard InChI is InChI=1S/C18H24FN3O2S/c19-14-8-6-13(7-9-14)10-20-17(23)16-11-25-12-22(16)18(24)21-15-4-2-1-3-5-15/h6-9,15-16H,1-5,10-12H2,(H,20,23)(H,21,24)/t16-/m0/s1. The number of urea groups is 1. The number of halogens is 1. The number of nitrogens with zero attached hydrogens (tertiary/aromatic N) is 1. The van der Waals surface area contributed by atoms with Gasteiger partial charge in [0, 0.05) is 18.3 Å². The van der Waals surface area contributed by atoms with Gasteiger partial charge in [-0.25, -0.2) is 9.18 Å². The summed E-state index contributed by atoms with van der Waals surface area (Å²) in [5.41, 5.74) is 0.832. The summed E-state index contributed by atoms with van der Waals surface area (Å²) in [6.07, 6.45) is 5.59. The van der Waals surface area contributed by atoms with Crippen LogP contribution in [0.5, 0.6) is 0 Å². The number of amides is 3. The fraction of sp³-hybridized carbons (Fsp3) is 0.556. The zero-order chi connectivity index (χ0) is 17.6. The summed E-state index contributed by atoms with van der Waals surface area (Å²) in [7, 11) is 0. The van der Waals surface area contributed by atoms with E-state index in [4.69, 9.17) is 0 Å². The molecule has 1 atom stereocenters. The summed E-state index contributed by atoms with van der Waals surface area (Å²) in [5, 5.41) is 5.93. The zero-order valence-corrected chi connectivity index (χ0v) is 15.0. The maximum atomic E-state index is 12.9. The Hall–Kier alpha value is -1.76. The third kappa shape index (κ3) is 4.87. The summed E-state index contributed by atoms with van der Waals surface area (Å²) in [6, 6.07) is 5.68. The Balaban J connectivity index is 1.51. The highest BCUT2D eigenvalue weighted by atomic mass is 32.2. The second-order valence-electron chi connectivity index (χ2n) is 6.61. The van der Waals surface area contributed by atoms with E-state index in [0.29, 0.717) is 18.2 Å². The Labute approximate surface area is 151 Å². The lowest BCUT2D eigenvalue weighted by Gasteiger charge is -2.28. The lowest BCUT2D eigenvalue weighted by Crippen LogP contribution is -2.52. The van der Waals surface area contributed by atoms with Gasteiger partial charge in [0.05, 0.1) is 5.88 Å². The molecule has 0 unspecified atom stereocenters. The lowest BCUT2D eigenvalue weighted by atomic mass is 9.96. The molecule has 0 bridgehead atoms. The molecule has 136 valence electrons. The molecule has 0 aromatic heterocycles. The van der Waals surface area contributed by atoms with Gasteiger partial charge in [-0.05, 0) is 30.5 Å². The van der Waals surface area contributed by atoms with Crippen LogP contribution in [0.25, 0.3) is 0 Å². The summed E-state index contributed by atoms with van der Waals surface area (Å²) < 4.78 is 12.9. The van der Waals surface area contributed by atoms with Crippen molar-refractivity contribution >= 4 is 23.7 Å². The largest absolute Gasteiger partial charge is 0.350 e. The molecule has 1 saturated heterocycles. The monoisotopic (exact) mass is 365 g/mol. The fourth-order valence-electron chi connectivity index (χ4n) is 3.27. The summed E-state index contributed by atoms with van der Waals surface area (Å²) in [5.74, 6) is 0.682. The van der Waals surface area contributed by atoms with Gasteiger partial charge in [0.25, 0.3) is 0 Å². The van der Waals surface area contributed by atoms with Gasteiger partial charge < -0.3 is 15.5 Å². The van der Waals surface area contributed by atoms with Crippen LogP contribution in [0, 0.1) is 5.82 Å². The molecule has 1 saturated carbocycles. The van der Waals surface area contributed by atoms with Crippen molar-refractivity contribution in [1.29, 1.82) is 0 Å². The maximum absolute atomic E-state index is 12.9. The second-order valence-corrected chi connectivity index (χ2v) is 7.61. The van der Waals surface area contributed by atoms with E-state index in [1.807, 2.05) is 0 Å². The third-order valence-electron chi connectivity index (χ3n) is 4.76. The molecule has 1 aliphatic carbocycles. The van der Waals surface area contributed by atoms with Crippen molar-refractivity contribution in [2.45, 2.75) is 50.7 Å². The van der Waals surface area contributed by atoms with Crippen LogP contribution in [0.1, 0.15) is 37.7 Å². The van der Waals surface area contributed by atoms with E-state index < -0.39 is 6.04 Å². The first-order valence-electron chi connectivity index (χ1n) is 8.80. The SMILES string of the molecule is O=C(NCc1ccc(F)cc1)[C@@H]1CSCN1C(=O)NC1CCCCC1. The average molecular weight is 365 g/mol. The molecule has 5 nitrogen and oxygen atoms in total. The summed E-state index contributed by atoms with van der Waals surface area (Å²) >= 11 is 1.59. The van der Waals surface area contributed by atoms with Crippen LogP contribution < -0.4 is 10.6 Å². The van der Waals surface area contributed by atoms with Gasteiger partial charge in [0.15, 0.2) is 0 Å². The Morgan fingerprint density at radius 2 is 1.88 bits per heavy atom. The van der Waals surface area contributed by atoms with E-state index in [-0.39, 0.29) is 23.8 Å². The first kappa shape index (κ1) is 18.0. The molecule has 25 heavy (non-hydrogen) atoms. The Morgan fingerprint density at radius 3 is 2.60 bits per heavy atom. The van der Waals surface area contributed by atoms with Crippen molar-refractivity contribution < 1.29 is 14.0 Å². The molecule has 3 rings (SSSR count). The van der Waals surface area contributed by atoms with Crippen LogP contribution >= 0.6 is 11.8 Å². The predicted octanol–water partition coefficient (Wildman–Crippen LogP) is 2.86. The second kappa shape index (κ2) is 8.56. The number of thioether (sulfide) groups is 1. The molecule has 1 aromatic rings. The number of carbonyl (C=O) groups is 2. The molecular weight excluding hydrogens is 341 g/mol. The molecule has 0 spiro atoms. The Morgan fingerprint density at radius 1 is 1.16 bits per heavy atom. The van der Waals surface area contributed by atoms with Crippen LogP contribution in [0.2, 0.25) is 0 Å². The highest BCUT2D eigenvalue weighted by Crippen LogP contribution is 2.23. The van der Waals surface area contributed by atoms with Gasteiger partial charge in [-0.1, -0.05) is 31.4 Å². The van der Waals surface area contributed by atoms with Crippen LogP contribution in [-0.2, 0) is 11.3 Å².